The molecule has 0 aliphatic heterocycles. The summed E-state index contributed by atoms with van der Waals surface area (Å²) >= 11 is 0. The molecule has 1 aromatic carbocycles. The van der Waals surface area contributed by atoms with E-state index in [1.807, 2.05) is 0 Å². The van der Waals surface area contributed by atoms with Crippen molar-refractivity contribution in [3.05, 3.63) is 35.9 Å². The van der Waals surface area contributed by atoms with E-state index in [1.54, 1.807) is 12.1 Å². The van der Waals surface area contributed by atoms with E-state index in [9.17, 15) is 4.39 Å². The van der Waals surface area contributed by atoms with Crippen LogP contribution in [0.2, 0.25) is 0 Å². The molecular weight excluding hydrogens is 103 g/mol. The minimum Gasteiger partial charge on any atom is -0.246 e. The first-order chi connectivity index (χ1) is 3.93. The Hall–Kier alpha value is -0.850. The Labute approximate surface area is 48.0 Å². The largest absolute Gasteiger partial charge is 0.246 e. The average molecular weight is 107 g/mol. The molecule has 0 unspecified atom stereocenters. The Morgan fingerprint density at radius 2 is 2.50 bits per heavy atom. The third kappa shape index (κ3) is 1.06. The average Bonchev–Trinajstić information content (AvgIpc) is 1.90. The predicted octanol–water partition coefficient (Wildman–Crippen LogP) is 1.56. The molecular formula is C7H4F. The molecule has 0 heterocycles. The molecule has 0 saturated heterocycles. The molecule has 0 amide bonds. The summed E-state index contributed by atoms with van der Waals surface area (Å²) in [6, 6.07) is 10.9. The van der Waals surface area contributed by atoms with E-state index in [1.165, 1.54) is 0 Å². The van der Waals surface area contributed by atoms with E-state index in [0.29, 0.717) is 5.56 Å². The van der Waals surface area contributed by atoms with Gasteiger partial charge in [0.15, 0.2) is 0 Å². The quantitative estimate of drug-likeness (QED) is 0.510. The van der Waals surface area contributed by atoms with Gasteiger partial charge in [-0.05, 0) is 23.8 Å². The van der Waals surface area contributed by atoms with Gasteiger partial charge in [0.25, 0.3) is 0 Å². The van der Waals surface area contributed by atoms with Crippen LogP contribution in [0.4, 0.5) is 4.39 Å². The van der Waals surface area contributed by atoms with E-state index >= 15 is 0 Å². The van der Waals surface area contributed by atoms with Crippen LogP contribution in [-0.4, -0.2) is 0 Å². The van der Waals surface area contributed by atoms with Crippen LogP contribution in [0.3, 0.4) is 0 Å². The standard InChI is InChI=1S/C7H4F/c8-6-7-4-2-1-3-5-7/h2,4H,6H2. The first-order valence-corrected chi connectivity index (χ1v) is 2.28. The first kappa shape index (κ1) is 5.29. The van der Waals surface area contributed by atoms with Crippen LogP contribution in [-0.2, 0) is 6.67 Å². The molecule has 0 fully saturated rings. The van der Waals surface area contributed by atoms with Gasteiger partial charge >= 0.3 is 0 Å². The molecule has 0 N–H and O–H groups in total. The molecule has 1 heteroatoms. The second-order valence-electron chi connectivity index (χ2n) is 1.39. The van der Waals surface area contributed by atoms with E-state index < -0.39 is 6.67 Å². The zero-order valence-electron chi connectivity index (χ0n) is 4.24. The van der Waals surface area contributed by atoms with Gasteiger partial charge < -0.3 is 0 Å². The van der Waals surface area contributed by atoms with Gasteiger partial charge in [-0.25, -0.2) is 4.39 Å². The van der Waals surface area contributed by atoms with Gasteiger partial charge in [0.1, 0.15) is 6.67 Å². The summed E-state index contributed by atoms with van der Waals surface area (Å²) in [5, 5.41) is 0. The summed E-state index contributed by atoms with van der Waals surface area (Å²) < 4.78 is 11.7. The normalized spacial score (nSPS) is 9.12. The Bertz CT molecular complexity index is 146. The summed E-state index contributed by atoms with van der Waals surface area (Å²) in [6.45, 7) is -0.467. The van der Waals surface area contributed by atoms with E-state index in [-0.39, 0.29) is 0 Å². The van der Waals surface area contributed by atoms with Crippen LogP contribution in [0.1, 0.15) is 5.56 Å². The lowest BCUT2D eigenvalue weighted by molar-refractivity contribution is 0.485. The van der Waals surface area contributed by atoms with Gasteiger partial charge in [-0.15, -0.1) is 0 Å². The minimum atomic E-state index is -0.467. The van der Waals surface area contributed by atoms with Gasteiger partial charge in [0, 0.05) is 0 Å². The fourth-order valence-corrected chi connectivity index (χ4v) is 0.420. The summed E-state index contributed by atoms with van der Waals surface area (Å²) in [6.07, 6.45) is 0. The highest BCUT2D eigenvalue weighted by Gasteiger charge is 1.84. The Kier molecular flexibility index (Phi) is 1.62. The highest BCUT2D eigenvalue weighted by atomic mass is 19.1. The van der Waals surface area contributed by atoms with Crippen molar-refractivity contribution >= 4 is 0 Å². The maximum atomic E-state index is 11.7. The maximum Gasteiger partial charge on any atom is 0.115 e. The molecule has 0 aliphatic rings. The summed E-state index contributed by atoms with van der Waals surface area (Å²) in [5.74, 6) is 0. The second-order valence-corrected chi connectivity index (χ2v) is 1.39. The van der Waals surface area contributed by atoms with Crippen molar-refractivity contribution < 1.29 is 4.39 Å². The van der Waals surface area contributed by atoms with Crippen LogP contribution >= 0.6 is 0 Å². The molecule has 1 aromatic rings. The van der Waals surface area contributed by atoms with Crippen LogP contribution in [0.15, 0.2) is 12.1 Å². The smallest absolute Gasteiger partial charge is 0.115 e. The molecule has 3 radical (unpaired) electrons. The molecule has 1 rings (SSSR count). The topological polar surface area (TPSA) is 0 Å². The third-order valence-electron chi connectivity index (χ3n) is 0.807. The molecule has 0 spiro atoms. The lowest BCUT2D eigenvalue weighted by Crippen LogP contribution is -1.74. The highest BCUT2D eigenvalue weighted by molar-refractivity contribution is 5.09. The molecule has 0 nitrogen and oxygen atoms in total. The van der Waals surface area contributed by atoms with Crippen molar-refractivity contribution in [1.29, 1.82) is 0 Å². The van der Waals surface area contributed by atoms with Crippen molar-refractivity contribution in [2.75, 3.05) is 0 Å². The maximum absolute atomic E-state index is 11.7. The van der Waals surface area contributed by atoms with Crippen molar-refractivity contribution in [2.45, 2.75) is 6.67 Å². The van der Waals surface area contributed by atoms with Gasteiger partial charge in [0.05, 0.1) is 0 Å². The summed E-state index contributed by atoms with van der Waals surface area (Å²) in [4.78, 5) is 0. The predicted molar refractivity (Wildman–Crippen MR) is 27.8 cm³/mol. The van der Waals surface area contributed by atoms with E-state index in [0.717, 1.165) is 0 Å². The number of rotatable bonds is 1. The van der Waals surface area contributed by atoms with Crippen LogP contribution in [0.25, 0.3) is 0 Å². The van der Waals surface area contributed by atoms with Gasteiger partial charge in [-0.2, -0.15) is 0 Å². The zero-order chi connectivity index (χ0) is 5.82. The Balaban J connectivity index is 2.83. The van der Waals surface area contributed by atoms with Gasteiger partial charge in [0.2, 0.25) is 0 Å². The molecule has 0 saturated carbocycles. The molecule has 0 aliphatic carbocycles. The summed E-state index contributed by atoms with van der Waals surface area (Å²) in [5.41, 5.74) is 0.531. The third-order valence-corrected chi connectivity index (χ3v) is 0.807. The Morgan fingerprint density at radius 3 is 2.88 bits per heavy atom. The van der Waals surface area contributed by atoms with Crippen molar-refractivity contribution in [3.63, 3.8) is 0 Å². The highest BCUT2D eigenvalue weighted by Crippen LogP contribution is 1.96. The fraction of sp³-hybridized carbons (Fsp3) is 0.143. The molecule has 0 atom stereocenters. The van der Waals surface area contributed by atoms with Crippen LogP contribution in [0, 0.1) is 18.2 Å². The minimum absolute atomic E-state index is 0.467. The lowest BCUT2D eigenvalue weighted by atomic mass is 10.2. The van der Waals surface area contributed by atoms with Crippen molar-refractivity contribution in [1.82, 2.24) is 0 Å². The van der Waals surface area contributed by atoms with Gasteiger partial charge in [-0.3, -0.25) is 0 Å². The molecule has 0 bridgehead atoms. The zero-order valence-corrected chi connectivity index (χ0v) is 4.24. The number of halogens is 1. The number of benzene rings is 1. The number of alkyl halides is 1. The molecule has 8 heavy (non-hydrogen) atoms. The van der Waals surface area contributed by atoms with Crippen molar-refractivity contribution in [2.24, 2.45) is 0 Å². The van der Waals surface area contributed by atoms with Crippen LogP contribution < -0.4 is 0 Å². The molecule has 0 aromatic heterocycles. The first-order valence-electron chi connectivity index (χ1n) is 2.28. The van der Waals surface area contributed by atoms with E-state index in [2.05, 4.69) is 18.2 Å². The van der Waals surface area contributed by atoms with E-state index in [4.69, 9.17) is 0 Å². The SMILES string of the molecule is FCc1[c][c][c]cc1. The van der Waals surface area contributed by atoms with Crippen molar-refractivity contribution in [3.8, 4) is 0 Å². The van der Waals surface area contributed by atoms with Crippen LogP contribution in [0.5, 0.6) is 0 Å². The second kappa shape index (κ2) is 2.46. The fourth-order valence-electron chi connectivity index (χ4n) is 0.420. The molecule has 39 valence electrons. The number of hydrogen-bond acceptors (Lipinski definition) is 0. The monoisotopic (exact) mass is 107 g/mol. The number of hydrogen-bond donors (Lipinski definition) is 0. The lowest BCUT2D eigenvalue weighted by Gasteiger charge is -1.85. The Morgan fingerprint density at radius 1 is 1.62 bits per heavy atom. The van der Waals surface area contributed by atoms with Gasteiger partial charge in [-0.1, -0.05) is 12.1 Å². The summed E-state index contributed by atoms with van der Waals surface area (Å²) in [7, 11) is 0.